The minimum Gasteiger partial charge on any atom is -0.381 e. The molecule has 11 heavy (non-hydrogen) atoms. The lowest BCUT2D eigenvalue weighted by molar-refractivity contribution is 0.155. The first-order valence-corrected chi connectivity index (χ1v) is 4.40. The summed E-state index contributed by atoms with van der Waals surface area (Å²) in [7, 11) is 0. The van der Waals surface area contributed by atoms with Gasteiger partial charge in [-0.05, 0) is 0 Å². The Hall–Kier alpha value is -0.120. The van der Waals surface area contributed by atoms with E-state index >= 15 is 0 Å². The average molecular weight is 156 g/mol. The highest BCUT2D eigenvalue weighted by atomic mass is 16.5. The molecular weight excluding hydrogens is 140 g/mol. The summed E-state index contributed by atoms with van der Waals surface area (Å²) in [5.74, 6) is 1.61. The zero-order valence-corrected chi connectivity index (χ0v) is 6.83. The molecule has 2 saturated heterocycles. The van der Waals surface area contributed by atoms with Gasteiger partial charge in [0.05, 0.1) is 13.2 Å². The van der Waals surface area contributed by atoms with E-state index in [0.29, 0.717) is 0 Å². The van der Waals surface area contributed by atoms with Crippen molar-refractivity contribution in [3.8, 4) is 0 Å². The maximum absolute atomic E-state index is 5.49. The van der Waals surface area contributed by atoms with E-state index in [9.17, 15) is 0 Å². The van der Waals surface area contributed by atoms with Crippen molar-refractivity contribution in [3.05, 3.63) is 0 Å². The zero-order chi connectivity index (χ0) is 7.68. The van der Waals surface area contributed by atoms with Gasteiger partial charge in [-0.1, -0.05) is 0 Å². The lowest BCUT2D eigenvalue weighted by atomic mass is 10.0. The molecule has 2 aliphatic rings. The molecule has 0 aliphatic carbocycles. The van der Waals surface area contributed by atoms with E-state index in [0.717, 1.165) is 38.1 Å². The molecule has 3 nitrogen and oxygen atoms in total. The Morgan fingerprint density at radius 1 is 1.27 bits per heavy atom. The molecule has 2 aliphatic heterocycles. The first-order valence-electron chi connectivity index (χ1n) is 4.40. The van der Waals surface area contributed by atoms with Crippen LogP contribution in [0.4, 0.5) is 0 Å². The van der Waals surface area contributed by atoms with Gasteiger partial charge in [-0.15, -0.1) is 0 Å². The van der Waals surface area contributed by atoms with Gasteiger partial charge in [-0.3, -0.25) is 0 Å². The highest BCUT2D eigenvalue weighted by molar-refractivity contribution is 4.87. The van der Waals surface area contributed by atoms with E-state index in [1.165, 1.54) is 13.1 Å². The minimum absolute atomic E-state index is 0.792. The second-order valence-corrected chi connectivity index (χ2v) is 3.61. The van der Waals surface area contributed by atoms with Gasteiger partial charge in [0.2, 0.25) is 0 Å². The predicted octanol–water partition coefficient (Wildman–Crippen LogP) is -0.477. The molecule has 2 N–H and O–H groups in total. The smallest absolute Gasteiger partial charge is 0.0510 e. The van der Waals surface area contributed by atoms with Crippen molar-refractivity contribution >= 4 is 0 Å². The number of fused-ring (bicyclic) bond motifs is 1. The number of ether oxygens (including phenoxy) is 1. The number of hydrogen-bond acceptors (Lipinski definition) is 3. The molecular formula is C8H16N2O. The topological polar surface area (TPSA) is 38.5 Å². The van der Waals surface area contributed by atoms with E-state index in [1.54, 1.807) is 0 Å². The summed E-state index contributed by atoms with van der Waals surface area (Å²) in [5, 5.41) is 0. The van der Waals surface area contributed by atoms with Gasteiger partial charge in [0.15, 0.2) is 0 Å². The Balaban J connectivity index is 1.84. The lowest BCUT2D eigenvalue weighted by Gasteiger charge is -2.14. The first kappa shape index (κ1) is 7.53. The highest BCUT2D eigenvalue weighted by Crippen LogP contribution is 2.28. The van der Waals surface area contributed by atoms with Gasteiger partial charge >= 0.3 is 0 Å². The Morgan fingerprint density at radius 2 is 1.91 bits per heavy atom. The number of likely N-dealkylation sites (tertiary alicyclic amines) is 1. The molecule has 2 fully saturated rings. The molecule has 0 aromatic rings. The molecule has 2 heterocycles. The van der Waals surface area contributed by atoms with E-state index in [1.807, 2.05) is 0 Å². The first-order chi connectivity index (χ1) is 5.40. The van der Waals surface area contributed by atoms with Gasteiger partial charge in [-0.25, -0.2) is 0 Å². The summed E-state index contributed by atoms with van der Waals surface area (Å²) >= 11 is 0. The van der Waals surface area contributed by atoms with Crippen LogP contribution < -0.4 is 5.73 Å². The fourth-order valence-corrected chi connectivity index (χ4v) is 2.15. The van der Waals surface area contributed by atoms with Crippen LogP contribution in [0.2, 0.25) is 0 Å². The van der Waals surface area contributed by atoms with Crippen molar-refractivity contribution in [1.29, 1.82) is 0 Å². The Bertz CT molecular complexity index is 128. The van der Waals surface area contributed by atoms with E-state index < -0.39 is 0 Å². The normalized spacial score (nSPS) is 37.9. The molecule has 64 valence electrons. The van der Waals surface area contributed by atoms with Crippen LogP contribution in [-0.4, -0.2) is 44.3 Å². The van der Waals surface area contributed by atoms with Crippen LogP contribution in [0.25, 0.3) is 0 Å². The van der Waals surface area contributed by atoms with Crippen LogP contribution in [0.3, 0.4) is 0 Å². The maximum Gasteiger partial charge on any atom is 0.0510 e. The molecule has 2 rings (SSSR count). The quantitative estimate of drug-likeness (QED) is 0.587. The third-order valence-corrected chi connectivity index (χ3v) is 2.76. The fourth-order valence-electron chi connectivity index (χ4n) is 2.15. The Labute approximate surface area is 67.5 Å². The molecule has 0 amide bonds. The third-order valence-electron chi connectivity index (χ3n) is 2.76. The fraction of sp³-hybridized carbons (Fsp3) is 1.00. The van der Waals surface area contributed by atoms with Crippen LogP contribution in [0.1, 0.15) is 0 Å². The molecule has 0 bridgehead atoms. The number of nitrogens with zero attached hydrogens (tertiary/aromatic N) is 1. The zero-order valence-electron chi connectivity index (χ0n) is 6.83. The predicted molar refractivity (Wildman–Crippen MR) is 43.3 cm³/mol. The number of rotatable bonds is 2. The molecule has 3 heteroatoms. The molecule has 0 saturated carbocycles. The van der Waals surface area contributed by atoms with Crippen molar-refractivity contribution in [2.45, 2.75) is 0 Å². The van der Waals surface area contributed by atoms with Crippen LogP contribution in [0.15, 0.2) is 0 Å². The van der Waals surface area contributed by atoms with Crippen LogP contribution in [0, 0.1) is 11.8 Å². The van der Waals surface area contributed by atoms with E-state index in [2.05, 4.69) is 4.90 Å². The summed E-state index contributed by atoms with van der Waals surface area (Å²) in [6, 6.07) is 0. The molecule has 0 aromatic heterocycles. The third kappa shape index (κ3) is 1.41. The second kappa shape index (κ2) is 3.09. The molecule has 0 aromatic carbocycles. The van der Waals surface area contributed by atoms with Crippen molar-refractivity contribution < 1.29 is 4.74 Å². The largest absolute Gasteiger partial charge is 0.381 e. The van der Waals surface area contributed by atoms with E-state index in [4.69, 9.17) is 10.5 Å². The van der Waals surface area contributed by atoms with Gasteiger partial charge in [0, 0.05) is 38.0 Å². The number of hydrogen-bond donors (Lipinski definition) is 1. The van der Waals surface area contributed by atoms with E-state index in [-0.39, 0.29) is 0 Å². The summed E-state index contributed by atoms with van der Waals surface area (Å²) in [6.07, 6.45) is 0. The minimum atomic E-state index is 0.792. The van der Waals surface area contributed by atoms with Crippen LogP contribution in [-0.2, 0) is 4.74 Å². The van der Waals surface area contributed by atoms with Gasteiger partial charge in [0.1, 0.15) is 0 Å². The van der Waals surface area contributed by atoms with Gasteiger partial charge in [-0.2, -0.15) is 0 Å². The second-order valence-electron chi connectivity index (χ2n) is 3.61. The molecule has 2 atom stereocenters. The molecule has 2 unspecified atom stereocenters. The maximum atomic E-state index is 5.49. The molecule has 0 radical (unpaired) electrons. The highest BCUT2D eigenvalue weighted by Gasteiger charge is 2.36. The Kier molecular flexibility index (Phi) is 2.11. The summed E-state index contributed by atoms with van der Waals surface area (Å²) < 4.78 is 5.38. The standard InChI is InChI=1S/C8H16N2O/c9-1-2-10-3-7-5-11-6-8(7)4-10/h7-8H,1-6,9H2. The van der Waals surface area contributed by atoms with Crippen LogP contribution in [0.5, 0.6) is 0 Å². The summed E-state index contributed by atoms with van der Waals surface area (Å²) in [6.45, 7) is 6.23. The Morgan fingerprint density at radius 3 is 2.45 bits per heavy atom. The van der Waals surface area contributed by atoms with Crippen molar-refractivity contribution in [1.82, 2.24) is 4.90 Å². The average Bonchev–Trinajstić information content (AvgIpc) is 2.46. The van der Waals surface area contributed by atoms with Gasteiger partial charge in [0.25, 0.3) is 0 Å². The number of nitrogens with two attached hydrogens (primary N) is 1. The van der Waals surface area contributed by atoms with Gasteiger partial charge < -0.3 is 15.4 Å². The van der Waals surface area contributed by atoms with Crippen molar-refractivity contribution in [2.24, 2.45) is 17.6 Å². The van der Waals surface area contributed by atoms with Crippen LogP contribution >= 0.6 is 0 Å². The summed E-state index contributed by atoms with van der Waals surface area (Å²) in [5.41, 5.74) is 5.49. The molecule has 0 spiro atoms. The lowest BCUT2D eigenvalue weighted by Crippen LogP contribution is -2.28. The van der Waals surface area contributed by atoms with Crippen molar-refractivity contribution in [3.63, 3.8) is 0 Å². The monoisotopic (exact) mass is 156 g/mol. The SMILES string of the molecule is NCCN1CC2COCC2C1. The summed E-state index contributed by atoms with van der Waals surface area (Å²) in [4.78, 5) is 2.46. The van der Waals surface area contributed by atoms with Crippen molar-refractivity contribution in [2.75, 3.05) is 39.4 Å².